The molecule has 0 unspecified atom stereocenters. The van der Waals surface area contributed by atoms with Crippen molar-refractivity contribution >= 4 is 15.9 Å². The number of sulfonamides is 1. The Morgan fingerprint density at radius 3 is 2.19 bits per heavy atom. The van der Waals surface area contributed by atoms with Gasteiger partial charge in [0.25, 0.3) is 5.91 Å². The minimum absolute atomic E-state index is 0.230. The highest BCUT2D eigenvalue weighted by atomic mass is 32.2. The van der Waals surface area contributed by atoms with E-state index in [1.165, 1.54) is 41.9 Å². The monoisotopic (exact) mass is 441 g/mol. The predicted molar refractivity (Wildman–Crippen MR) is 121 cm³/mol. The molecule has 31 heavy (non-hydrogen) atoms. The lowest BCUT2D eigenvalue weighted by molar-refractivity contribution is 0.0950. The van der Waals surface area contributed by atoms with E-state index in [1.807, 2.05) is 12.1 Å². The lowest BCUT2D eigenvalue weighted by Gasteiger charge is -2.18. The molecule has 2 saturated heterocycles. The van der Waals surface area contributed by atoms with Crippen LogP contribution in [0.15, 0.2) is 47.4 Å². The summed E-state index contributed by atoms with van der Waals surface area (Å²) in [6.07, 6.45) is 4.33. The Bertz CT molecular complexity index is 1020. The summed E-state index contributed by atoms with van der Waals surface area (Å²) in [4.78, 5) is 15.4. The molecule has 1 amide bonds. The summed E-state index contributed by atoms with van der Waals surface area (Å²) in [5.41, 5.74) is 3.34. The van der Waals surface area contributed by atoms with E-state index in [2.05, 4.69) is 22.3 Å². The number of aryl methyl sites for hydroxylation is 1. The molecule has 2 aliphatic rings. The van der Waals surface area contributed by atoms with Gasteiger partial charge in [-0.2, -0.15) is 4.31 Å². The molecule has 2 fully saturated rings. The Morgan fingerprint density at radius 1 is 0.903 bits per heavy atom. The van der Waals surface area contributed by atoms with Crippen LogP contribution in [0.1, 0.15) is 52.7 Å². The van der Waals surface area contributed by atoms with Gasteiger partial charge in [0.1, 0.15) is 0 Å². The zero-order chi connectivity index (χ0) is 21.8. The maximum absolute atomic E-state index is 13.0. The molecule has 0 saturated carbocycles. The third-order valence-corrected chi connectivity index (χ3v) is 8.25. The van der Waals surface area contributed by atoms with Crippen LogP contribution in [0.25, 0.3) is 0 Å². The average Bonchev–Trinajstić information content (AvgIpc) is 3.48. The molecule has 0 aromatic heterocycles. The van der Waals surface area contributed by atoms with E-state index >= 15 is 0 Å². The van der Waals surface area contributed by atoms with Crippen molar-refractivity contribution in [1.82, 2.24) is 14.5 Å². The Balaban J connectivity index is 1.39. The van der Waals surface area contributed by atoms with Crippen LogP contribution in [-0.4, -0.2) is 49.7 Å². The quantitative estimate of drug-likeness (QED) is 0.716. The first-order chi connectivity index (χ1) is 14.9. The van der Waals surface area contributed by atoms with Crippen molar-refractivity contribution in [3.05, 3.63) is 64.7 Å². The second kappa shape index (κ2) is 9.51. The van der Waals surface area contributed by atoms with Gasteiger partial charge in [0.05, 0.1) is 4.90 Å². The minimum Gasteiger partial charge on any atom is -0.348 e. The molecule has 166 valence electrons. The molecule has 2 aliphatic heterocycles. The van der Waals surface area contributed by atoms with Crippen molar-refractivity contribution in [2.75, 3.05) is 26.2 Å². The van der Waals surface area contributed by atoms with Gasteiger partial charge in [0.2, 0.25) is 10.0 Å². The number of nitrogens with zero attached hydrogens (tertiary/aromatic N) is 2. The molecule has 2 aromatic carbocycles. The zero-order valence-electron chi connectivity index (χ0n) is 18.1. The Hall–Kier alpha value is -2.22. The summed E-state index contributed by atoms with van der Waals surface area (Å²) in [6.45, 7) is 6.59. The molecule has 7 heteroatoms. The van der Waals surface area contributed by atoms with Gasteiger partial charge in [-0.15, -0.1) is 0 Å². The maximum Gasteiger partial charge on any atom is 0.251 e. The first kappa shape index (κ1) is 22.0. The van der Waals surface area contributed by atoms with Crippen LogP contribution in [-0.2, 0) is 23.1 Å². The summed E-state index contributed by atoms with van der Waals surface area (Å²) in [5.74, 6) is -0.265. The van der Waals surface area contributed by atoms with E-state index < -0.39 is 10.0 Å². The standard InChI is InChI=1S/C24H31N3O3S/c1-19-6-11-22(16-23(19)31(29,30)27-14-4-5-15-27)24(28)25-17-20-7-9-21(10-8-20)18-26-12-2-3-13-26/h6-11,16H,2-5,12-15,17-18H2,1H3,(H,25,28). The number of hydrogen-bond acceptors (Lipinski definition) is 4. The molecule has 0 radical (unpaired) electrons. The molecule has 2 aromatic rings. The van der Waals surface area contributed by atoms with Crippen LogP contribution in [0.2, 0.25) is 0 Å². The fraction of sp³-hybridized carbons (Fsp3) is 0.458. The summed E-state index contributed by atoms with van der Waals surface area (Å²) in [5, 5.41) is 2.92. The number of likely N-dealkylation sites (tertiary alicyclic amines) is 1. The molecule has 0 spiro atoms. The van der Waals surface area contributed by atoms with Crippen molar-refractivity contribution in [3.63, 3.8) is 0 Å². The van der Waals surface area contributed by atoms with E-state index in [0.29, 0.717) is 30.8 Å². The van der Waals surface area contributed by atoms with Crippen LogP contribution in [0.3, 0.4) is 0 Å². The van der Waals surface area contributed by atoms with Crippen LogP contribution in [0, 0.1) is 6.92 Å². The Kier molecular flexibility index (Phi) is 6.74. The van der Waals surface area contributed by atoms with E-state index in [4.69, 9.17) is 0 Å². The van der Waals surface area contributed by atoms with Gasteiger partial charge in [-0.05, 0) is 74.5 Å². The Morgan fingerprint density at radius 2 is 1.52 bits per heavy atom. The van der Waals surface area contributed by atoms with Crippen LogP contribution >= 0.6 is 0 Å². The summed E-state index contributed by atoms with van der Waals surface area (Å²) < 4.78 is 27.4. The number of carbonyl (C=O) groups excluding carboxylic acids is 1. The molecular formula is C24H31N3O3S. The minimum atomic E-state index is -3.56. The number of rotatable bonds is 7. The van der Waals surface area contributed by atoms with Crippen molar-refractivity contribution in [2.24, 2.45) is 0 Å². The average molecular weight is 442 g/mol. The highest BCUT2D eigenvalue weighted by molar-refractivity contribution is 7.89. The largest absolute Gasteiger partial charge is 0.348 e. The number of amides is 1. The molecule has 1 N–H and O–H groups in total. The topological polar surface area (TPSA) is 69.7 Å². The predicted octanol–water partition coefficient (Wildman–Crippen LogP) is 3.31. The van der Waals surface area contributed by atoms with Crippen LogP contribution in [0.5, 0.6) is 0 Å². The van der Waals surface area contributed by atoms with E-state index in [-0.39, 0.29) is 10.8 Å². The highest BCUT2D eigenvalue weighted by Crippen LogP contribution is 2.24. The summed E-state index contributed by atoms with van der Waals surface area (Å²) in [6, 6.07) is 13.2. The van der Waals surface area contributed by atoms with Gasteiger partial charge >= 0.3 is 0 Å². The van der Waals surface area contributed by atoms with Gasteiger partial charge in [-0.25, -0.2) is 8.42 Å². The second-order valence-corrected chi connectivity index (χ2v) is 10.5. The fourth-order valence-electron chi connectivity index (χ4n) is 4.33. The van der Waals surface area contributed by atoms with Gasteiger partial charge in [0, 0.05) is 31.7 Å². The van der Waals surface area contributed by atoms with Crippen molar-refractivity contribution in [3.8, 4) is 0 Å². The SMILES string of the molecule is Cc1ccc(C(=O)NCc2ccc(CN3CCCC3)cc2)cc1S(=O)(=O)N1CCCC1. The normalized spacial score (nSPS) is 17.8. The maximum atomic E-state index is 13.0. The van der Waals surface area contributed by atoms with Gasteiger partial charge in [-0.1, -0.05) is 30.3 Å². The number of carbonyl (C=O) groups is 1. The third-order valence-electron chi connectivity index (χ3n) is 6.21. The molecule has 0 bridgehead atoms. The first-order valence-electron chi connectivity index (χ1n) is 11.1. The van der Waals surface area contributed by atoms with E-state index in [0.717, 1.165) is 24.9 Å². The third kappa shape index (κ3) is 5.17. The van der Waals surface area contributed by atoms with Gasteiger partial charge < -0.3 is 5.32 Å². The summed E-state index contributed by atoms with van der Waals surface area (Å²) in [7, 11) is -3.56. The van der Waals surface area contributed by atoms with Gasteiger partial charge in [-0.3, -0.25) is 9.69 Å². The fourth-order valence-corrected chi connectivity index (χ4v) is 6.10. The van der Waals surface area contributed by atoms with Crippen molar-refractivity contribution < 1.29 is 13.2 Å². The number of benzene rings is 2. The van der Waals surface area contributed by atoms with Crippen LogP contribution < -0.4 is 5.32 Å². The number of nitrogens with one attached hydrogen (secondary N) is 1. The van der Waals surface area contributed by atoms with E-state index in [9.17, 15) is 13.2 Å². The lowest BCUT2D eigenvalue weighted by atomic mass is 10.1. The van der Waals surface area contributed by atoms with E-state index in [1.54, 1.807) is 19.1 Å². The molecule has 0 aliphatic carbocycles. The molecular weight excluding hydrogens is 410 g/mol. The van der Waals surface area contributed by atoms with Crippen LogP contribution in [0.4, 0.5) is 0 Å². The van der Waals surface area contributed by atoms with Crippen molar-refractivity contribution in [2.45, 2.75) is 50.6 Å². The molecule has 2 heterocycles. The number of hydrogen-bond donors (Lipinski definition) is 1. The lowest BCUT2D eigenvalue weighted by Crippen LogP contribution is -2.29. The summed E-state index contributed by atoms with van der Waals surface area (Å²) >= 11 is 0. The second-order valence-electron chi connectivity index (χ2n) is 8.57. The molecule has 6 nitrogen and oxygen atoms in total. The molecule has 0 atom stereocenters. The first-order valence-corrected chi connectivity index (χ1v) is 12.6. The van der Waals surface area contributed by atoms with Crippen molar-refractivity contribution in [1.29, 1.82) is 0 Å². The smallest absolute Gasteiger partial charge is 0.251 e. The highest BCUT2D eigenvalue weighted by Gasteiger charge is 2.29. The Labute approximate surface area is 185 Å². The van der Waals surface area contributed by atoms with Gasteiger partial charge in [0.15, 0.2) is 0 Å². The molecule has 4 rings (SSSR count). The zero-order valence-corrected chi connectivity index (χ0v) is 19.0.